The zero-order valence-electron chi connectivity index (χ0n) is 4.69. The maximum absolute atomic E-state index is 10.0. The molecule has 0 bridgehead atoms. The maximum atomic E-state index is 10.0. The molecule has 1 rings (SSSR count). The Balaban J connectivity index is 3.07. The van der Waals surface area contributed by atoms with Crippen molar-refractivity contribution in [3.05, 3.63) is 27.7 Å². The molecule has 0 amide bonds. The van der Waals surface area contributed by atoms with Gasteiger partial charge in [-0.2, -0.15) is 0 Å². The van der Waals surface area contributed by atoms with Crippen molar-refractivity contribution < 1.29 is 4.92 Å². The minimum atomic E-state index is -0.631. The molecule has 5 nitrogen and oxygen atoms in total. The summed E-state index contributed by atoms with van der Waals surface area (Å²) >= 11 is 5.26. The fourth-order valence-electron chi connectivity index (χ4n) is 0.428. The van der Waals surface area contributed by atoms with Gasteiger partial charge in [-0.05, 0) is 21.5 Å². The van der Waals surface area contributed by atoms with Crippen LogP contribution in [0.1, 0.15) is 0 Å². The van der Waals surface area contributed by atoms with E-state index in [4.69, 9.17) is 11.6 Å². The monoisotopic (exact) mass is 159 g/mol. The van der Waals surface area contributed by atoms with Crippen molar-refractivity contribution in [1.82, 2.24) is 9.97 Å². The van der Waals surface area contributed by atoms with Crippen LogP contribution in [0.5, 0.6) is 0 Å². The highest BCUT2D eigenvalue weighted by atomic mass is 35.5. The minimum Gasteiger partial charge on any atom is -0.358 e. The van der Waals surface area contributed by atoms with Gasteiger partial charge in [0.25, 0.3) is 0 Å². The molecule has 52 valence electrons. The summed E-state index contributed by atoms with van der Waals surface area (Å²) in [6.07, 6.45) is 1.23. The molecule has 0 aliphatic rings. The summed E-state index contributed by atoms with van der Waals surface area (Å²) in [6, 6.07) is 1.17. The molecule has 0 N–H and O–H groups in total. The van der Waals surface area contributed by atoms with Crippen molar-refractivity contribution in [3.63, 3.8) is 0 Å². The third-order valence-electron chi connectivity index (χ3n) is 0.799. The van der Waals surface area contributed by atoms with Crippen LogP contribution in [0.3, 0.4) is 0 Å². The normalized spacial score (nSPS) is 9.30. The zero-order valence-corrected chi connectivity index (χ0v) is 5.45. The van der Waals surface area contributed by atoms with Gasteiger partial charge in [0.15, 0.2) is 0 Å². The van der Waals surface area contributed by atoms with Crippen molar-refractivity contribution in [2.24, 2.45) is 0 Å². The van der Waals surface area contributed by atoms with E-state index < -0.39 is 4.92 Å². The predicted octanol–water partition coefficient (Wildman–Crippen LogP) is 1.04. The van der Waals surface area contributed by atoms with Crippen molar-refractivity contribution in [2.75, 3.05) is 0 Å². The smallest absolute Gasteiger partial charge is 0.358 e. The van der Waals surface area contributed by atoms with Crippen molar-refractivity contribution >= 4 is 17.4 Å². The Bertz CT molecular complexity index is 264. The Morgan fingerprint density at radius 2 is 2.40 bits per heavy atom. The average molecular weight is 160 g/mol. The maximum Gasteiger partial charge on any atom is 0.368 e. The number of nitrogens with zero attached hydrogens (tertiary/aromatic N) is 3. The fraction of sp³-hybridized carbons (Fsp3) is 0. The van der Waals surface area contributed by atoms with E-state index in [1.807, 2.05) is 0 Å². The number of halogens is 1. The summed E-state index contributed by atoms with van der Waals surface area (Å²) in [5, 5.41) is 9.89. The summed E-state index contributed by atoms with van der Waals surface area (Å²) in [5.74, 6) is -0.292. The van der Waals surface area contributed by atoms with E-state index >= 15 is 0 Å². The van der Waals surface area contributed by atoms with Gasteiger partial charge in [0.05, 0.1) is 6.07 Å². The molecule has 0 aromatic carbocycles. The third kappa shape index (κ3) is 1.38. The molecule has 10 heavy (non-hydrogen) atoms. The van der Waals surface area contributed by atoms with Gasteiger partial charge in [-0.3, -0.25) is 0 Å². The van der Waals surface area contributed by atoms with Gasteiger partial charge in [-0.15, -0.1) is 0 Å². The van der Waals surface area contributed by atoms with Crippen LogP contribution in [0.2, 0.25) is 5.28 Å². The van der Waals surface area contributed by atoms with Crippen LogP contribution >= 0.6 is 11.6 Å². The summed E-state index contributed by atoms with van der Waals surface area (Å²) in [6.45, 7) is 0. The highest BCUT2D eigenvalue weighted by Crippen LogP contribution is 2.07. The number of hydrogen-bond acceptors (Lipinski definition) is 4. The summed E-state index contributed by atoms with van der Waals surface area (Å²) < 4.78 is 0. The number of hydrogen-bond donors (Lipinski definition) is 0. The Kier molecular flexibility index (Phi) is 1.77. The molecule has 6 heteroatoms. The molecule has 1 aromatic rings. The topological polar surface area (TPSA) is 68.9 Å². The highest BCUT2D eigenvalue weighted by Gasteiger charge is 2.07. The third-order valence-corrected chi connectivity index (χ3v) is 0.981. The van der Waals surface area contributed by atoms with Crippen molar-refractivity contribution in [1.29, 1.82) is 0 Å². The predicted molar refractivity (Wildman–Crippen MR) is 33.7 cm³/mol. The summed E-state index contributed by atoms with van der Waals surface area (Å²) in [7, 11) is 0. The quantitative estimate of drug-likeness (QED) is 0.349. The molecule has 1 aromatic heterocycles. The Labute approximate surface area is 60.8 Å². The molecular formula is C4H2ClN3O2. The largest absolute Gasteiger partial charge is 0.368 e. The molecule has 0 spiro atoms. The lowest BCUT2D eigenvalue weighted by molar-refractivity contribution is -0.389. The first-order valence-corrected chi connectivity index (χ1v) is 2.71. The number of rotatable bonds is 1. The first kappa shape index (κ1) is 6.88. The van der Waals surface area contributed by atoms with Gasteiger partial charge in [0.2, 0.25) is 0 Å². The number of aromatic nitrogens is 2. The lowest BCUT2D eigenvalue weighted by Gasteiger charge is -1.87. The van der Waals surface area contributed by atoms with E-state index in [9.17, 15) is 10.1 Å². The van der Waals surface area contributed by atoms with E-state index in [0.29, 0.717) is 0 Å². The first-order valence-electron chi connectivity index (χ1n) is 2.33. The van der Waals surface area contributed by atoms with Crippen LogP contribution in [-0.4, -0.2) is 14.9 Å². The van der Waals surface area contributed by atoms with Crippen LogP contribution in [0.25, 0.3) is 0 Å². The summed E-state index contributed by atoms with van der Waals surface area (Å²) in [4.78, 5) is 16.2. The van der Waals surface area contributed by atoms with Crippen LogP contribution in [0.15, 0.2) is 12.3 Å². The van der Waals surface area contributed by atoms with Crippen LogP contribution in [0, 0.1) is 10.1 Å². The van der Waals surface area contributed by atoms with Crippen LogP contribution in [0.4, 0.5) is 5.82 Å². The number of nitro groups is 1. The van der Waals surface area contributed by atoms with Gasteiger partial charge < -0.3 is 10.1 Å². The molecule has 0 radical (unpaired) electrons. The van der Waals surface area contributed by atoms with Gasteiger partial charge in [0.1, 0.15) is 0 Å². The Morgan fingerprint density at radius 1 is 1.70 bits per heavy atom. The Morgan fingerprint density at radius 3 is 2.80 bits per heavy atom. The summed E-state index contributed by atoms with van der Waals surface area (Å²) in [5.41, 5.74) is 0. The van der Waals surface area contributed by atoms with Crippen LogP contribution < -0.4 is 0 Å². The molecule has 1 heterocycles. The van der Waals surface area contributed by atoms with E-state index in [-0.39, 0.29) is 11.1 Å². The Hall–Kier alpha value is -1.23. The van der Waals surface area contributed by atoms with Gasteiger partial charge in [-0.25, -0.2) is 4.98 Å². The molecular weight excluding hydrogens is 158 g/mol. The van der Waals surface area contributed by atoms with E-state index in [1.54, 1.807) is 0 Å². The standard InChI is InChI=1S/C4H2ClN3O2/c5-4-6-2-1-3(7-4)8(9)10/h1-2H. The minimum absolute atomic E-state index is 0.116. The SMILES string of the molecule is O=[N+]([O-])c1ccnc(Cl)n1. The van der Waals surface area contributed by atoms with Crippen molar-refractivity contribution in [3.8, 4) is 0 Å². The molecule has 0 saturated carbocycles. The molecule has 0 atom stereocenters. The molecule has 0 unspecified atom stereocenters. The van der Waals surface area contributed by atoms with Gasteiger partial charge in [0, 0.05) is 6.20 Å². The second kappa shape index (κ2) is 2.57. The fourth-order valence-corrected chi connectivity index (χ4v) is 0.571. The lowest BCUT2D eigenvalue weighted by Crippen LogP contribution is -1.92. The van der Waals surface area contributed by atoms with E-state index in [2.05, 4.69) is 9.97 Å². The molecule has 0 fully saturated rings. The second-order valence-electron chi connectivity index (χ2n) is 1.44. The van der Waals surface area contributed by atoms with Gasteiger partial charge >= 0.3 is 11.1 Å². The highest BCUT2D eigenvalue weighted by molar-refractivity contribution is 6.28. The van der Waals surface area contributed by atoms with E-state index in [1.165, 1.54) is 12.3 Å². The average Bonchev–Trinajstić information content (AvgIpc) is 1.88. The van der Waals surface area contributed by atoms with Crippen molar-refractivity contribution in [2.45, 2.75) is 0 Å². The molecule has 0 saturated heterocycles. The first-order chi connectivity index (χ1) is 4.70. The lowest BCUT2D eigenvalue weighted by atomic mass is 10.6. The molecule has 0 aliphatic heterocycles. The van der Waals surface area contributed by atoms with Gasteiger partial charge in [-0.1, -0.05) is 0 Å². The molecule has 0 aliphatic carbocycles. The second-order valence-corrected chi connectivity index (χ2v) is 1.78. The van der Waals surface area contributed by atoms with E-state index in [0.717, 1.165) is 0 Å². The van der Waals surface area contributed by atoms with Crippen LogP contribution in [-0.2, 0) is 0 Å². The zero-order chi connectivity index (χ0) is 7.56.